The molecule has 6 heteroatoms. The Morgan fingerprint density at radius 1 is 1.06 bits per heavy atom. The molecule has 0 bridgehead atoms. The standard InChI is InChI=1S/C29H47N3O2S/c1-6-29(5,23-15-11-8-12-16-23)25(31-27(33)34-28(2,3)4)26(35)30-24-17-19-32(20-18-24)21-22-13-9-7-10-14-22/h7,9-10,13-14,23-25H,6,8,11-12,15-21H2,1-5H3,(H,30,35)(H,31,33)/t25-,29?/m0/s1. The normalized spacial score (nSPS) is 21.1. The fraction of sp³-hybridized carbons (Fsp3) is 0.724. The topological polar surface area (TPSA) is 53.6 Å². The van der Waals surface area contributed by atoms with Crippen molar-refractivity contribution in [2.75, 3.05) is 13.1 Å². The van der Waals surface area contributed by atoms with Crippen LogP contribution < -0.4 is 10.6 Å². The van der Waals surface area contributed by atoms with E-state index in [1.165, 1.54) is 37.7 Å². The van der Waals surface area contributed by atoms with Gasteiger partial charge in [-0.1, -0.05) is 75.7 Å². The van der Waals surface area contributed by atoms with Crippen molar-refractivity contribution >= 4 is 23.3 Å². The molecule has 1 unspecified atom stereocenters. The van der Waals surface area contributed by atoms with E-state index in [0.29, 0.717) is 12.0 Å². The highest BCUT2D eigenvalue weighted by molar-refractivity contribution is 7.80. The van der Waals surface area contributed by atoms with Gasteiger partial charge in [0.15, 0.2) is 0 Å². The predicted octanol–water partition coefficient (Wildman–Crippen LogP) is 6.46. The molecule has 0 spiro atoms. The van der Waals surface area contributed by atoms with E-state index in [2.05, 4.69) is 59.7 Å². The molecule has 2 atom stereocenters. The molecule has 3 rings (SSSR count). The molecule has 196 valence electrons. The van der Waals surface area contributed by atoms with Crippen LogP contribution in [0.5, 0.6) is 0 Å². The van der Waals surface area contributed by atoms with Gasteiger partial charge in [-0.3, -0.25) is 4.90 Å². The number of piperidine rings is 1. The monoisotopic (exact) mass is 501 g/mol. The van der Waals surface area contributed by atoms with Gasteiger partial charge >= 0.3 is 6.09 Å². The molecule has 2 aliphatic rings. The molecule has 2 fully saturated rings. The van der Waals surface area contributed by atoms with Crippen LogP contribution in [-0.2, 0) is 11.3 Å². The summed E-state index contributed by atoms with van der Waals surface area (Å²) in [6.45, 7) is 13.4. The molecular formula is C29H47N3O2S. The largest absolute Gasteiger partial charge is 0.444 e. The zero-order chi connectivity index (χ0) is 25.5. The lowest BCUT2D eigenvalue weighted by molar-refractivity contribution is 0.0411. The van der Waals surface area contributed by atoms with Crippen LogP contribution in [0.25, 0.3) is 0 Å². The van der Waals surface area contributed by atoms with Crippen LogP contribution in [0.4, 0.5) is 4.79 Å². The fourth-order valence-electron chi connectivity index (χ4n) is 5.81. The van der Waals surface area contributed by atoms with Gasteiger partial charge < -0.3 is 15.4 Å². The first-order valence-electron chi connectivity index (χ1n) is 13.7. The highest BCUT2D eigenvalue weighted by atomic mass is 32.1. The summed E-state index contributed by atoms with van der Waals surface area (Å²) in [6, 6.07) is 10.8. The Balaban J connectivity index is 1.66. The lowest BCUT2D eigenvalue weighted by atomic mass is 9.64. The third-order valence-electron chi connectivity index (χ3n) is 8.07. The van der Waals surface area contributed by atoms with Gasteiger partial charge in [-0.05, 0) is 69.8 Å². The van der Waals surface area contributed by atoms with Crippen molar-refractivity contribution in [3.8, 4) is 0 Å². The summed E-state index contributed by atoms with van der Waals surface area (Å²) in [7, 11) is 0. The second-order valence-corrected chi connectivity index (χ2v) is 12.3. The SMILES string of the molecule is CCC(C)(C1CCCCC1)[C@@H](NC(=O)OC(C)(C)C)C(=S)NC1CCN(Cc2ccccc2)CC1. The van der Waals surface area contributed by atoms with Crippen LogP contribution in [0, 0.1) is 11.3 Å². The highest BCUT2D eigenvalue weighted by Gasteiger charge is 2.44. The van der Waals surface area contributed by atoms with E-state index in [1.54, 1.807) is 0 Å². The number of thiocarbonyl (C=S) groups is 1. The molecule has 1 aromatic carbocycles. The first kappa shape index (κ1) is 27.9. The average Bonchev–Trinajstić information content (AvgIpc) is 2.83. The van der Waals surface area contributed by atoms with E-state index in [-0.39, 0.29) is 17.6 Å². The van der Waals surface area contributed by atoms with Gasteiger partial charge in [0.2, 0.25) is 0 Å². The van der Waals surface area contributed by atoms with E-state index in [1.807, 2.05) is 20.8 Å². The Morgan fingerprint density at radius 3 is 2.26 bits per heavy atom. The highest BCUT2D eigenvalue weighted by Crippen LogP contribution is 2.44. The molecule has 1 aliphatic carbocycles. The zero-order valence-electron chi connectivity index (χ0n) is 22.6. The van der Waals surface area contributed by atoms with Crippen LogP contribution in [0.3, 0.4) is 0 Å². The summed E-state index contributed by atoms with van der Waals surface area (Å²) in [5.41, 5.74) is 0.722. The van der Waals surface area contributed by atoms with Crippen molar-refractivity contribution in [3.05, 3.63) is 35.9 Å². The maximum atomic E-state index is 12.9. The number of nitrogens with one attached hydrogen (secondary N) is 2. The summed E-state index contributed by atoms with van der Waals surface area (Å²) >= 11 is 6.04. The number of carbonyl (C=O) groups excluding carboxylic acids is 1. The molecule has 1 saturated carbocycles. The number of benzene rings is 1. The third kappa shape index (κ3) is 8.18. The van der Waals surface area contributed by atoms with Crippen molar-refractivity contribution in [3.63, 3.8) is 0 Å². The van der Waals surface area contributed by atoms with Gasteiger partial charge in [0.1, 0.15) is 5.60 Å². The number of rotatable bonds is 8. The number of likely N-dealkylation sites (tertiary alicyclic amines) is 1. The van der Waals surface area contributed by atoms with Crippen molar-refractivity contribution in [2.24, 2.45) is 11.3 Å². The van der Waals surface area contributed by atoms with Crippen LogP contribution >= 0.6 is 12.2 Å². The first-order valence-corrected chi connectivity index (χ1v) is 14.1. The molecule has 2 N–H and O–H groups in total. The fourth-order valence-corrected chi connectivity index (χ4v) is 6.30. The number of ether oxygens (including phenoxy) is 1. The third-order valence-corrected chi connectivity index (χ3v) is 8.42. The Labute approximate surface area is 218 Å². The number of hydrogen-bond donors (Lipinski definition) is 2. The molecule has 1 aromatic rings. The minimum atomic E-state index is -0.539. The molecule has 1 aliphatic heterocycles. The molecule has 1 amide bonds. The number of nitrogens with zero attached hydrogens (tertiary/aromatic N) is 1. The van der Waals surface area contributed by atoms with Crippen molar-refractivity contribution in [1.29, 1.82) is 0 Å². The molecule has 1 saturated heterocycles. The lowest BCUT2D eigenvalue weighted by Gasteiger charge is -2.46. The van der Waals surface area contributed by atoms with Gasteiger partial charge in [-0.2, -0.15) is 0 Å². The van der Waals surface area contributed by atoms with Crippen LogP contribution in [0.1, 0.15) is 91.5 Å². The molecule has 0 radical (unpaired) electrons. The van der Waals surface area contributed by atoms with E-state index in [9.17, 15) is 4.79 Å². The van der Waals surface area contributed by atoms with Crippen LogP contribution in [-0.4, -0.2) is 46.8 Å². The van der Waals surface area contributed by atoms with E-state index >= 15 is 0 Å². The van der Waals surface area contributed by atoms with Crippen LogP contribution in [0.15, 0.2) is 30.3 Å². The maximum absolute atomic E-state index is 12.9. The van der Waals surface area contributed by atoms with E-state index in [4.69, 9.17) is 17.0 Å². The Bertz CT molecular complexity index is 811. The summed E-state index contributed by atoms with van der Waals surface area (Å²) in [6.07, 6.45) is 8.95. The molecular weight excluding hydrogens is 454 g/mol. The van der Waals surface area contributed by atoms with Crippen LogP contribution in [0.2, 0.25) is 0 Å². The number of hydrogen-bond acceptors (Lipinski definition) is 4. The Morgan fingerprint density at radius 2 is 1.69 bits per heavy atom. The Hall–Kier alpha value is -1.66. The predicted molar refractivity (Wildman–Crippen MR) is 149 cm³/mol. The van der Waals surface area contributed by atoms with E-state index < -0.39 is 5.60 Å². The minimum absolute atomic E-state index is 0.102. The van der Waals surface area contributed by atoms with E-state index in [0.717, 1.165) is 43.9 Å². The number of carbonyl (C=O) groups is 1. The molecule has 35 heavy (non-hydrogen) atoms. The van der Waals surface area contributed by atoms with Crippen molar-refractivity contribution in [1.82, 2.24) is 15.5 Å². The molecule has 5 nitrogen and oxygen atoms in total. The Kier molecular flexibility index (Phi) is 10.00. The molecule has 0 aromatic heterocycles. The minimum Gasteiger partial charge on any atom is -0.444 e. The molecule has 1 heterocycles. The zero-order valence-corrected chi connectivity index (χ0v) is 23.4. The average molecular weight is 502 g/mol. The van der Waals surface area contributed by atoms with Gasteiger partial charge in [0, 0.05) is 25.7 Å². The summed E-state index contributed by atoms with van der Waals surface area (Å²) in [5, 5.41) is 6.90. The second kappa shape index (κ2) is 12.5. The van der Waals surface area contributed by atoms with Gasteiger partial charge in [0.05, 0.1) is 11.0 Å². The lowest BCUT2D eigenvalue weighted by Crippen LogP contribution is -2.59. The number of alkyl carbamates (subject to hydrolysis) is 1. The van der Waals surface area contributed by atoms with Gasteiger partial charge in [-0.25, -0.2) is 4.79 Å². The first-order chi connectivity index (χ1) is 16.6. The van der Waals surface area contributed by atoms with Crippen molar-refractivity contribution < 1.29 is 9.53 Å². The van der Waals surface area contributed by atoms with Gasteiger partial charge in [0.25, 0.3) is 0 Å². The maximum Gasteiger partial charge on any atom is 0.408 e. The quantitative estimate of drug-likeness (QED) is 0.401. The second-order valence-electron chi connectivity index (χ2n) is 11.8. The van der Waals surface area contributed by atoms with Crippen molar-refractivity contribution in [2.45, 2.75) is 110 Å². The summed E-state index contributed by atoms with van der Waals surface area (Å²) < 4.78 is 5.66. The number of amides is 1. The smallest absolute Gasteiger partial charge is 0.408 e. The summed E-state index contributed by atoms with van der Waals surface area (Å²) in [5.74, 6) is 0.550. The van der Waals surface area contributed by atoms with Gasteiger partial charge in [-0.15, -0.1) is 0 Å². The summed E-state index contributed by atoms with van der Waals surface area (Å²) in [4.78, 5) is 16.2.